The fourth-order valence-electron chi connectivity index (χ4n) is 0.225. The molecule has 0 spiro atoms. The van der Waals surface area contributed by atoms with Crippen molar-refractivity contribution in [3.63, 3.8) is 0 Å². The van der Waals surface area contributed by atoms with Crippen molar-refractivity contribution in [3.8, 4) is 0 Å². The zero-order valence-electron chi connectivity index (χ0n) is 4.52. The van der Waals surface area contributed by atoms with Gasteiger partial charge in [-0.25, -0.2) is 0 Å². The van der Waals surface area contributed by atoms with Crippen LogP contribution in [0.15, 0.2) is 12.8 Å². The number of alkyl halides is 1. The lowest BCUT2D eigenvalue weighted by atomic mass is 10.6. The minimum atomic E-state index is 0.669. The van der Waals surface area contributed by atoms with E-state index in [1.54, 1.807) is 6.20 Å². The quantitative estimate of drug-likeness (QED) is 0.507. The first-order valence-electron chi connectivity index (χ1n) is 2.20. The lowest BCUT2D eigenvalue weighted by Crippen LogP contribution is -2.12. The maximum absolute atomic E-state index is 5.39. The third-order valence-corrected chi connectivity index (χ3v) is 0.918. The first-order chi connectivity index (χ1) is 3.31. The van der Waals surface area contributed by atoms with E-state index in [0.717, 1.165) is 6.54 Å². The van der Waals surface area contributed by atoms with Crippen LogP contribution in [0, 0.1) is 0 Å². The third kappa shape index (κ3) is 3.67. The van der Waals surface area contributed by atoms with Gasteiger partial charge in [0.25, 0.3) is 0 Å². The second-order valence-corrected chi connectivity index (χ2v) is 1.73. The molecule has 7 heavy (non-hydrogen) atoms. The molecular formula is C5H10ClN. The first-order valence-corrected chi connectivity index (χ1v) is 2.73. The molecule has 0 fully saturated rings. The van der Waals surface area contributed by atoms with Crippen molar-refractivity contribution < 1.29 is 0 Å². The molecule has 0 aliphatic carbocycles. The lowest BCUT2D eigenvalue weighted by Gasteiger charge is -2.08. The molecule has 0 aromatic heterocycles. The minimum absolute atomic E-state index is 0.669. The Kier molecular flexibility index (Phi) is 3.90. The summed E-state index contributed by atoms with van der Waals surface area (Å²) in [4.78, 5) is 1.94. The summed E-state index contributed by atoms with van der Waals surface area (Å²) < 4.78 is 0. The highest BCUT2D eigenvalue weighted by Crippen LogP contribution is 1.81. The summed E-state index contributed by atoms with van der Waals surface area (Å²) in [6.45, 7) is 4.43. The van der Waals surface area contributed by atoms with Crippen molar-refractivity contribution in [3.05, 3.63) is 12.8 Å². The van der Waals surface area contributed by atoms with Crippen molar-refractivity contribution in [2.24, 2.45) is 0 Å². The maximum atomic E-state index is 5.39. The van der Waals surface area contributed by atoms with Gasteiger partial charge in [-0.1, -0.05) is 6.58 Å². The highest BCUT2D eigenvalue weighted by atomic mass is 35.5. The molecule has 1 nitrogen and oxygen atoms in total. The van der Waals surface area contributed by atoms with Gasteiger partial charge in [0.15, 0.2) is 0 Å². The van der Waals surface area contributed by atoms with Gasteiger partial charge < -0.3 is 4.90 Å². The molecule has 0 rings (SSSR count). The first kappa shape index (κ1) is 6.83. The molecule has 0 N–H and O–H groups in total. The number of hydrogen-bond acceptors (Lipinski definition) is 1. The molecular weight excluding hydrogens is 110 g/mol. The summed E-state index contributed by atoms with van der Waals surface area (Å²) in [6, 6.07) is 0. The largest absolute Gasteiger partial charge is 0.380 e. The van der Waals surface area contributed by atoms with E-state index >= 15 is 0 Å². The van der Waals surface area contributed by atoms with Gasteiger partial charge in [-0.2, -0.15) is 0 Å². The normalized spacial score (nSPS) is 8.29. The molecule has 0 saturated heterocycles. The molecule has 0 aliphatic rings. The van der Waals surface area contributed by atoms with Crippen LogP contribution in [0.1, 0.15) is 0 Å². The minimum Gasteiger partial charge on any atom is -0.380 e. The Morgan fingerprint density at radius 1 is 1.86 bits per heavy atom. The van der Waals surface area contributed by atoms with Crippen molar-refractivity contribution in [2.75, 3.05) is 19.5 Å². The molecule has 0 bridgehead atoms. The van der Waals surface area contributed by atoms with Gasteiger partial charge >= 0.3 is 0 Å². The van der Waals surface area contributed by atoms with E-state index in [9.17, 15) is 0 Å². The van der Waals surface area contributed by atoms with Crippen molar-refractivity contribution in [1.82, 2.24) is 4.90 Å². The Morgan fingerprint density at radius 2 is 2.43 bits per heavy atom. The van der Waals surface area contributed by atoms with E-state index in [4.69, 9.17) is 11.6 Å². The van der Waals surface area contributed by atoms with Crippen LogP contribution in [0.3, 0.4) is 0 Å². The summed E-state index contributed by atoms with van der Waals surface area (Å²) in [5.41, 5.74) is 0. The van der Waals surface area contributed by atoms with Crippen LogP contribution >= 0.6 is 11.6 Å². The van der Waals surface area contributed by atoms with Gasteiger partial charge in [0, 0.05) is 19.5 Å². The molecule has 0 aliphatic heterocycles. The fourth-order valence-corrected chi connectivity index (χ4v) is 0.491. The van der Waals surface area contributed by atoms with E-state index < -0.39 is 0 Å². The fraction of sp³-hybridized carbons (Fsp3) is 0.600. The van der Waals surface area contributed by atoms with Crippen molar-refractivity contribution in [1.29, 1.82) is 0 Å². The highest BCUT2D eigenvalue weighted by Gasteiger charge is 1.82. The average molecular weight is 120 g/mol. The summed E-state index contributed by atoms with van der Waals surface area (Å²) >= 11 is 5.39. The Morgan fingerprint density at radius 3 is 2.57 bits per heavy atom. The summed E-state index contributed by atoms with van der Waals surface area (Å²) in [6.07, 6.45) is 1.75. The van der Waals surface area contributed by atoms with E-state index in [1.165, 1.54) is 0 Å². The molecule has 2 heteroatoms. The highest BCUT2D eigenvalue weighted by molar-refractivity contribution is 6.18. The van der Waals surface area contributed by atoms with Gasteiger partial charge in [-0.05, 0) is 6.20 Å². The molecule has 42 valence electrons. The molecule has 0 amide bonds. The standard InChI is InChI=1S/C5H10ClN/c1-3-7(2)5-4-6/h3H,1,4-5H2,2H3. The molecule has 0 atom stereocenters. The van der Waals surface area contributed by atoms with Crippen LogP contribution < -0.4 is 0 Å². The Hall–Kier alpha value is -0.170. The monoisotopic (exact) mass is 119 g/mol. The summed E-state index contributed by atoms with van der Waals surface area (Å²) in [5.74, 6) is 0.669. The SMILES string of the molecule is C=CN(C)CCCl. The van der Waals surface area contributed by atoms with Gasteiger partial charge in [0.05, 0.1) is 0 Å². The van der Waals surface area contributed by atoms with Crippen LogP contribution in [-0.4, -0.2) is 24.4 Å². The molecule has 0 aromatic carbocycles. The zero-order valence-corrected chi connectivity index (χ0v) is 5.28. The second kappa shape index (κ2) is 4.00. The van der Waals surface area contributed by atoms with Gasteiger partial charge in [-0.3, -0.25) is 0 Å². The Bertz CT molecular complexity index is 54.0. The molecule has 0 aromatic rings. The van der Waals surface area contributed by atoms with Crippen LogP contribution in [-0.2, 0) is 0 Å². The van der Waals surface area contributed by atoms with Crippen LogP contribution in [0.5, 0.6) is 0 Å². The molecule has 0 heterocycles. The molecule has 0 saturated carbocycles. The summed E-state index contributed by atoms with van der Waals surface area (Å²) in [5, 5.41) is 0. The van der Waals surface area contributed by atoms with Crippen molar-refractivity contribution in [2.45, 2.75) is 0 Å². The van der Waals surface area contributed by atoms with E-state index in [-0.39, 0.29) is 0 Å². The zero-order chi connectivity index (χ0) is 5.70. The predicted octanol–water partition coefficient (Wildman–Crippen LogP) is 1.30. The average Bonchev–Trinajstić information content (AvgIpc) is 1.68. The second-order valence-electron chi connectivity index (χ2n) is 1.35. The van der Waals surface area contributed by atoms with Crippen molar-refractivity contribution >= 4 is 11.6 Å². The van der Waals surface area contributed by atoms with Crippen LogP contribution in [0.2, 0.25) is 0 Å². The summed E-state index contributed by atoms with van der Waals surface area (Å²) in [7, 11) is 1.94. The van der Waals surface area contributed by atoms with E-state index in [1.807, 2.05) is 11.9 Å². The molecule has 0 unspecified atom stereocenters. The molecule has 0 radical (unpaired) electrons. The van der Waals surface area contributed by atoms with Gasteiger partial charge in [0.1, 0.15) is 0 Å². The number of hydrogen-bond donors (Lipinski definition) is 0. The van der Waals surface area contributed by atoms with Crippen LogP contribution in [0.4, 0.5) is 0 Å². The van der Waals surface area contributed by atoms with E-state index in [2.05, 4.69) is 6.58 Å². The topological polar surface area (TPSA) is 3.24 Å². The van der Waals surface area contributed by atoms with E-state index in [0.29, 0.717) is 5.88 Å². The lowest BCUT2D eigenvalue weighted by molar-refractivity contribution is 0.488. The Balaban J connectivity index is 2.98. The van der Waals surface area contributed by atoms with Gasteiger partial charge in [0.2, 0.25) is 0 Å². The maximum Gasteiger partial charge on any atom is 0.0399 e. The number of rotatable bonds is 3. The Labute approximate surface area is 49.6 Å². The number of halogens is 1. The van der Waals surface area contributed by atoms with Gasteiger partial charge in [-0.15, -0.1) is 11.6 Å². The van der Waals surface area contributed by atoms with Crippen LogP contribution in [0.25, 0.3) is 0 Å². The number of nitrogens with zero attached hydrogens (tertiary/aromatic N) is 1. The third-order valence-electron chi connectivity index (χ3n) is 0.749. The smallest absolute Gasteiger partial charge is 0.0399 e. The predicted molar refractivity (Wildman–Crippen MR) is 33.5 cm³/mol.